The second-order valence-electron chi connectivity index (χ2n) is 0.742. The van der Waals surface area contributed by atoms with Gasteiger partial charge in [-0.15, -0.1) is 0 Å². The van der Waals surface area contributed by atoms with E-state index in [0.717, 1.165) is 0 Å². The van der Waals surface area contributed by atoms with E-state index < -0.39 is 0 Å². The third-order valence-corrected chi connectivity index (χ3v) is 0.274. The van der Waals surface area contributed by atoms with Crippen molar-refractivity contribution in [1.29, 1.82) is 0 Å². The van der Waals surface area contributed by atoms with Gasteiger partial charge in [-0.1, -0.05) is 0 Å². The third-order valence-electron chi connectivity index (χ3n) is 0.274. The normalized spacial score (nSPS) is 5.86. The van der Waals surface area contributed by atoms with Crippen molar-refractivity contribution in [2.45, 2.75) is 0 Å². The standard InChI is InChI=1S/C3H3NO2.Re/c1-4(2-5)3-6;/h1H3;/q-2;. The molecule has 0 unspecified atom stereocenters. The fourth-order valence-electron chi connectivity index (χ4n) is 0.0186. The number of amides is 2. The maximum Gasteiger partial charge on any atom is 0 e. The molecule has 2 amide bonds. The molecule has 0 atom stereocenters. The summed E-state index contributed by atoms with van der Waals surface area (Å²) in [6.07, 6.45) is 2.55. The summed E-state index contributed by atoms with van der Waals surface area (Å²) in [6, 6.07) is 0. The van der Waals surface area contributed by atoms with Gasteiger partial charge in [0, 0.05) is 20.4 Å². The maximum atomic E-state index is 9.27. The SMILES string of the molecule is CN([C-]=O)[C-]=O.[Re]. The van der Waals surface area contributed by atoms with Crippen LogP contribution in [0.1, 0.15) is 0 Å². The zero-order chi connectivity index (χ0) is 4.99. The average Bonchev–Trinajstić information content (AvgIpc) is 1.65. The van der Waals surface area contributed by atoms with E-state index in [1.54, 1.807) is 0 Å². The van der Waals surface area contributed by atoms with Crippen LogP contribution in [0.3, 0.4) is 0 Å². The van der Waals surface area contributed by atoms with Crippen LogP contribution in [0.5, 0.6) is 0 Å². The van der Waals surface area contributed by atoms with Gasteiger partial charge in [-0.05, 0) is 7.05 Å². The minimum Gasteiger partial charge on any atom is -0.639 e. The van der Waals surface area contributed by atoms with Crippen LogP contribution in [0, 0.1) is 0 Å². The molecule has 0 saturated carbocycles. The van der Waals surface area contributed by atoms with E-state index in [0.29, 0.717) is 4.90 Å². The van der Waals surface area contributed by atoms with Crippen LogP contribution in [-0.2, 0) is 30.0 Å². The van der Waals surface area contributed by atoms with Crippen molar-refractivity contribution >= 4 is 12.8 Å². The van der Waals surface area contributed by atoms with Crippen molar-refractivity contribution in [2.24, 2.45) is 0 Å². The molecule has 0 bridgehead atoms. The van der Waals surface area contributed by atoms with Crippen LogP contribution >= 0.6 is 0 Å². The number of carbonyl (C=O) groups excluding carboxylic acids is 2. The first-order valence-corrected chi connectivity index (χ1v) is 1.30. The van der Waals surface area contributed by atoms with Gasteiger partial charge in [0.05, 0.1) is 0 Å². The zero-order valence-electron chi connectivity index (χ0n) is 3.64. The first-order chi connectivity index (χ1) is 2.81. The molecule has 0 rings (SSSR count). The Morgan fingerprint density at radius 2 is 1.57 bits per heavy atom. The van der Waals surface area contributed by atoms with E-state index in [1.807, 2.05) is 0 Å². The van der Waals surface area contributed by atoms with E-state index in [2.05, 4.69) is 0 Å². The average molecular weight is 271 g/mol. The van der Waals surface area contributed by atoms with Gasteiger partial charge < -0.3 is 14.5 Å². The van der Waals surface area contributed by atoms with Crippen molar-refractivity contribution in [3.05, 3.63) is 0 Å². The molecular formula is C3H3NO2Re-2. The molecule has 0 aliphatic heterocycles. The summed E-state index contributed by atoms with van der Waals surface area (Å²) in [5, 5.41) is 0. The molecule has 0 aliphatic carbocycles. The monoisotopic (exact) mass is 272 g/mol. The summed E-state index contributed by atoms with van der Waals surface area (Å²) in [6.45, 7) is 0. The van der Waals surface area contributed by atoms with E-state index >= 15 is 0 Å². The molecule has 3 nitrogen and oxygen atoms in total. The Labute approximate surface area is 55.3 Å². The topological polar surface area (TPSA) is 37.4 Å². The molecule has 4 heteroatoms. The van der Waals surface area contributed by atoms with Gasteiger partial charge in [-0.2, -0.15) is 12.8 Å². The van der Waals surface area contributed by atoms with Crippen LogP contribution < -0.4 is 0 Å². The molecule has 1 radical (unpaired) electrons. The van der Waals surface area contributed by atoms with E-state index in [4.69, 9.17) is 0 Å². The van der Waals surface area contributed by atoms with Gasteiger partial charge in [-0.25, -0.2) is 0 Å². The minimum atomic E-state index is 0. The molecule has 0 heterocycles. The molecule has 0 N–H and O–H groups in total. The molecule has 41 valence electrons. The smallest absolute Gasteiger partial charge is 0 e. The van der Waals surface area contributed by atoms with E-state index in [9.17, 15) is 9.59 Å². The molecule has 0 saturated heterocycles. The van der Waals surface area contributed by atoms with E-state index in [1.165, 1.54) is 19.9 Å². The molecule has 0 aromatic heterocycles. The van der Waals surface area contributed by atoms with Crippen molar-refractivity contribution in [3.63, 3.8) is 0 Å². The van der Waals surface area contributed by atoms with E-state index in [-0.39, 0.29) is 20.4 Å². The molecule has 0 spiro atoms. The van der Waals surface area contributed by atoms with Crippen LogP contribution in [0.25, 0.3) is 0 Å². The largest absolute Gasteiger partial charge is 0.639 e. The minimum absolute atomic E-state index is 0. The summed E-state index contributed by atoms with van der Waals surface area (Å²) in [5.74, 6) is 0. The van der Waals surface area contributed by atoms with Crippen molar-refractivity contribution in [3.8, 4) is 0 Å². The van der Waals surface area contributed by atoms with Gasteiger partial charge in [0.2, 0.25) is 0 Å². The molecule has 0 fully saturated rings. The molecule has 0 aromatic rings. The molecule has 0 aromatic carbocycles. The summed E-state index contributed by atoms with van der Waals surface area (Å²) >= 11 is 0. The van der Waals surface area contributed by atoms with Gasteiger partial charge in [0.1, 0.15) is 0 Å². The Morgan fingerprint density at radius 3 is 1.57 bits per heavy atom. The second kappa shape index (κ2) is 5.80. The molecule has 7 heavy (non-hydrogen) atoms. The van der Waals surface area contributed by atoms with Crippen LogP contribution in [0.4, 0.5) is 0 Å². The van der Waals surface area contributed by atoms with Crippen LogP contribution in [0.15, 0.2) is 0 Å². The predicted octanol–water partition coefficient (Wildman–Crippen LogP) is -0.950. The third kappa shape index (κ3) is 5.80. The Hall–Kier alpha value is -0.198. The van der Waals surface area contributed by atoms with Gasteiger partial charge in [0.25, 0.3) is 0 Å². The van der Waals surface area contributed by atoms with Crippen molar-refractivity contribution in [2.75, 3.05) is 7.05 Å². The number of hydrogen-bond donors (Lipinski definition) is 0. The Morgan fingerprint density at radius 1 is 1.29 bits per heavy atom. The van der Waals surface area contributed by atoms with Gasteiger partial charge in [-0.3, -0.25) is 0 Å². The quantitative estimate of drug-likeness (QED) is 0.480. The van der Waals surface area contributed by atoms with Gasteiger partial charge >= 0.3 is 0 Å². The summed E-state index contributed by atoms with van der Waals surface area (Å²) in [5.41, 5.74) is 0. The predicted molar refractivity (Wildman–Crippen MR) is 19.1 cm³/mol. The number of hydrogen-bond acceptors (Lipinski definition) is 2. The number of rotatable bonds is 2. The first kappa shape index (κ1) is 9.93. The fraction of sp³-hybridized carbons (Fsp3) is 0.333. The van der Waals surface area contributed by atoms with Crippen LogP contribution in [0.2, 0.25) is 0 Å². The molecular weight excluding hydrogens is 268 g/mol. The Bertz CT molecular complexity index is 58.0. The Balaban J connectivity index is 0. The summed E-state index contributed by atoms with van der Waals surface area (Å²) in [4.78, 5) is 19.2. The fourth-order valence-corrected chi connectivity index (χ4v) is 0.0186. The zero-order valence-corrected chi connectivity index (χ0v) is 6.36. The van der Waals surface area contributed by atoms with Gasteiger partial charge in [0.15, 0.2) is 0 Å². The summed E-state index contributed by atoms with van der Waals surface area (Å²) in [7, 11) is 1.26. The number of nitrogens with zero attached hydrogens (tertiary/aromatic N) is 1. The van der Waals surface area contributed by atoms with Crippen molar-refractivity contribution < 1.29 is 30.0 Å². The number of imide groups is 1. The maximum absolute atomic E-state index is 9.27. The first-order valence-electron chi connectivity index (χ1n) is 1.30. The summed E-state index contributed by atoms with van der Waals surface area (Å²) < 4.78 is 0. The Kier molecular flexibility index (Phi) is 8.23. The van der Waals surface area contributed by atoms with Crippen molar-refractivity contribution in [1.82, 2.24) is 4.90 Å². The second-order valence-corrected chi connectivity index (χ2v) is 0.742. The van der Waals surface area contributed by atoms with Crippen LogP contribution in [-0.4, -0.2) is 24.8 Å². The molecule has 0 aliphatic rings.